The molecular formula is C12H18N2O2S. The zero-order valence-corrected chi connectivity index (χ0v) is 11.1. The normalized spacial score (nSPS) is 11.9. The fourth-order valence-electron chi connectivity index (χ4n) is 1.36. The predicted molar refractivity (Wildman–Crippen MR) is 71.7 cm³/mol. The molecule has 0 aliphatic heterocycles. The number of ether oxygens (including phenoxy) is 1. The molecule has 1 aromatic rings. The molecule has 0 unspecified atom stereocenters. The number of benzene rings is 1. The van der Waals surface area contributed by atoms with Gasteiger partial charge < -0.3 is 15.4 Å². The van der Waals surface area contributed by atoms with Crippen LogP contribution in [0.4, 0.5) is 10.5 Å². The Morgan fingerprint density at radius 2 is 2.06 bits per heavy atom. The lowest BCUT2D eigenvalue weighted by Crippen LogP contribution is -2.38. The van der Waals surface area contributed by atoms with Crippen LogP contribution in [0.3, 0.4) is 0 Å². The maximum atomic E-state index is 11.6. The first kappa shape index (κ1) is 13.9. The van der Waals surface area contributed by atoms with E-state index in [1.807, 2.05) is 37.4 Å². The van der Waals surface area contributed by atoms with Crippen LogP contribution in [0.25, 0.3) is 0 Å². The number of urea groups is 1. The molecule has 0 aromatic heterocycles. The summed E-state index contributed by atoms with van der Waals surface area (Å²) in [5.41, 5.74) is 0.782. The molecule has 0 radical (unpaired) electrons. The van der Waals surface area contributed by atoms with Crippen molar-refractivity contribution in [2.24, 2.45) is 0 Å². The van der Waals surface area contributed by atoms with Crippen molar-refractivity contribution in [2.75, 3.05) is 25.3 Å². The van der Waals surface area contributed by atoms with Crippen LogP contribution in [0.15, 0.2) is 29.2 Å². The smallest absolute Gasteiger partial charge is 0.319 e. The minimum Gasteiger partial charge on any atom is -0.383 e. The largest absolute Gasteiger partial charge is 0.383 e. The third-order valence-electron chi connectivity index (χ3n) is 2.14. The SMILES string of the molecule is COC[C@@H](C)NC(=O)Nc1ccc(SC)cc1. The van der Waals surface area contributed by atoms with Gasteiger partial charge in [0.15, 0.2) is 0 Å². The highest BCUT2D eigenvalue weighted by Gasteiger charge is 2.06. The molecule has 0 fully saturated rings. The van der Waals surface area contributed by atoms with E-state index in [0.29, 0.717) is 6.61 Å². The maximum absolute atomic E-state index is 11.6. The molecule has 0 saturated heterocycles. The van der Waals surface area contributed by atoms with E-state index >= 15 is 0 Å². The summed E-state index contributed by atoms with van der Waals surface area (Å²) in [6.45, 7) is 2.39. The van der Waals surface area contributed by atoms with Crippen molar-refractivity contribution in [3.05, 3.63) is 24.3 Å². The van der Waals surface area contributed by atoms with Gasteiger partial charge in [-0.1, -0.05) is 0 Å². The second-order valence-corrected chi connectivity index (χ2v) is 4.56. The summed E-state index contributed by atoms with van der Waals surface area (Å²) in [7, 11) is 1.61. The van der Waals surface area contributed by atoms with E-state index in [-0.39, 0.29) is 12.1 Å². The number of methoxy groups -OCH3 is 1. The van der Waals surface area contributed by atoms with Gasteiger partial charge in [-0.15, -0.1) is 11.8 Å². The van der Waals surface area contributed by atoms with E-state index in [4.69, 9.17) is 4.74 Å². The van der Waals surface area contributed by atoms with Crippen molar-refractivity contribution in [3.63, 3.8) is 0 Å². The number of thioether (sulfide) groups is 1. The third kappa shape index (κ3) is 5.10. The first-order valence-corrected chi connectivity index (χ1v) is 6.58. The molecule has 5 heteroatoms. The molecule has 0 aliphatic carbocycles. The molecule has 0 aliphatic rings. The van der Waals surface area contributed by atoms with Gasteiger partial charge in [-0.25, -0.2) is 4.79 Å². The maximum Gasteiger partial charge on any atom is 0.319 e. The summed E-state index contributed by atoms with van der Waals surface area (Å²) in [5, 5.41) is 5.55. The topological polar surface area (TPSA) is 50.4 Å². The summed E-state index contributed by atoms with van der Waals surface area (Å²) in [5.74, 6) is 0. The van der Waals surface area contributed by atoms with Crippen LogP contribution in [0.5, 0.6) is 0 Å². The van der Waals surface area contributed by atoms with Crippen LogP contribution in [0, 0.1) is 0 Å². The Labute approximate surface area is 106 Å². The summed E-state index contributed by atoms with van der Waals surface area (Å²) in [6, 6.07) is 7.48. The van der Waals surface area contributed by atoms with Crippen molar-refractivity contribution < 1.29 is 9.53 Å². The Kier molecular flexibility index (Phi) is 5.86. The molecule has 17 heavy (non-hydrogen) atoms. The summed E-state index contributed by atoms with van der Waals surface area (Å²) < 4.78 is 4.94. The van der Waals surface area contributed by atoms with E-state index in [0.717, 1.165) is 5.69 Å². The first-order valence-electron chi connectivity index (χ1n) is 5.36. The fraction of sp³-hybridized carbons (Fsp3) is 0.417. The van der Waals surface area contributed by atoms with Crippen LogP contribution in [0.1, 0.15) is 6.92 Å². The number of carbonyl (C=O) groups is 1. The molecule has 0 bridgehead atoms. The van der Waals surface area contributed by atoms with Crippen molar-refractivity contribution in [3.8, 4) is 0 Å². The number of hydrogen-bond acceptors (Lipinski definition) is 3. The standard InChI is InChI=1S/C12H18N2O2S/c1-9(8-16-2)13-12(15)14-10-4-6-11(17-3)7-5-10/h4-7,9H,8H2,1-3H3,(H2,13,14,15)/t9-/m1/s1. The Bertz CT molecular complexity index is 354. The van der Waals surface area contributed by atoms with Crippen LogP contribution in [-0.4, -0.2) is 32.0 Å². The Morgan fingerprint density at radius 1 is 1.41 bits per heavy atom. The van der Waals surface area contributed by atoms with Gasteiger partial charge in [0.1, 0.15) is 0 Å². The van der Waals surface area contributed by atoms with Crippen molar-refractivity contribution in [1.82, 2.24) is 5.32 Å². The van der Waals surface area contributed by atoms with E-state index in [1.54, 1.807) is 18.9 Å². The fourth-order valence-corrected chi connectivity index (χ4v) is 1.77. The molecule has 1 atom stereocenters. The number of amides is 2. The van der Waals surface area contributed by atoms with Crippen LogP contribution in [0.2, 0.25) is 0 Å². The zero-order valence-electron chi connectivity index (χ0n) is 10.3. The van der Waals surface area contributed by atoms with Gasteiger partial charge >= 0.3 is 6.03 Å². The van der Waals surface area contributed by atoms with Gasteiger partial charge in [-0.3, -0.25) is 0 Å². The number of rotatable bonds is 5. The van der Waals surface area contributed by atoms with Crippen LogP contribution >= 0.6 is 11.8 Å². The van der Waals surface area contributed by atoms with Crippen molar-refractivity contribution in [1.29, 1.82) is 0 Å². The lowest BCUT2D eigenvalue weighted by Gasteiger charge is -2.13. The second kappa shape index (κ2) is 7.19. The lowest BCUT2D eigenvalue weighted by atomic mass is 10.3. The Morgan fingerprint density at radius 3 is 2.59 bits per heavy atom. The van der Waals surface area contributed by atoms with Gasteiger partial charge in [-0.2, -0.15) is 0 Å². The number of hydrogen-bond donors (Lipinski definition) is 2. The van der Waals surface area contributed by atoms with Gasteiger partial charge in [0.2, 0.25) is 0 Å². The first-order chi connectivity index (χ1) is 8.15. The summed E-state index contributed by atoms with van der Waals surface area (Å²) in [4.78, 5) is 12.7. The van der Waals surface area contributed by atoms with E-state index < -0.39 is 0 Å². The van der Waals surface area contributed by atoms with Crippen molar-refractivity contribution in [2.45, 2.75) is 17.9 Å². The molecule has 1 rings (SSSR count). The van der Waals surface area contributed by atoms with Gasteiger partial charge in [0.05, 0.1) is 12.6 Å². The van der Waals surface area contributed by atoms with E-state index in [9.17, 15) is 4.79 Å². The Balaban J connectivity index is 2.44. The second-order valence-electron chi connectivity index (χ2n) is 3.68. The number of nitrogens with one attached hydrogen (secondary N) is 2. The minimum absolute atomic E-state index is 0.00882. The quantitative estimate of drug-likeness (QED) is 0.794. The van der Waals surface area contributed by atoms with Gasteiger partial charge in [0.25, 0.3) is 0 Å². The highest BCUT2D eigenvalue weighted by molar-refractivity contribution is 7.98. The highest BCUT2D eigenvalue weighted by Crippen LogP contribution is 2.17. The van der Waals surface area contributed by atoms with E-state index in [2.05, 4.69) is 10.6 Å². The Hall–Kier alpha value is -1.20. The minimum atomic E-state index is -0.216. The molecule has 94 valence electrons. The number of anilines is 1. The molecular weight excluding hydrogens is 236 g/mol. The van der Waals surface area contributed by atoms with Gasteiger partial charge in [0, 0.05) is 17.7 Å². The molecule has 2 N–H and O–H groups in total. The van der Waals surface area contributed by atoms with Crippen LogP contribution < -0.4 is 10.6 Å². The third-order valence-corrected chi connectivity index (χ3v) is 2.89. The molecule has 0 saturated carbocycles. The molecule has 0 heterocycles. The molecule has 1 aromatic carbocycles. The summed E-state index contributed by atoms with van der Waals surface area (Å²) in [6.07, 6.45) is 2.02. The average Bonchev–Trinajstić information content (AvgIpc) is 2.30. The molecule has 0 spiro atoms. The zero-order chi connectivity index (χ0) is 12.7. The average molecular weight is 254 g/mol. The van der Waals surface area contributed by atoms with E-state index in [1.165, 1.54) is 4.90 Å². The highest BCUT2D eigenvalue weighted by atomic mass is 32.2. The molecule has 4 nitrogen and oxygen atoms in total. The van der Waals surface area contributed by atoms with Gasteiger partial charge in [-0.05, 0) is 37.4 Å². The number of carbonyl (C=O) groups excluding carboxylic acids is 1. The van der Waals surface area contributed by atoms with Crippen molar-refractivity contribution >= 4 is 23.5 Å². The molecule has 2 amide bonds. The summed E-state index contributed by atoms with van der Waals surface area (Å²) >= 11 is 1.67. The van der Waals surface area contributed by atoms with Crippen LogP contribution in [-0.2, 0) is 4.74 Å². The monoisotopic (exact) mass is 254 g/mol. The predicted octanol–water partition coefficient (Wildman–Crippen LogP) is 2.56. The lowest BCUT2D eigenvalue weighted by molar-refractivity contribution is 0.173.